The Morgan fingerprint density at radius 1 is 1.06 bits per heavy atom. The van der Waals surface area contributed by atoms with Crippen molar-refractivity contribution < 1.29 is 14.3 Å². The van der Waals surface area contributed by atoms with E-state index in [1.54, 1.807) is 30.1 Å². The average Bonchev–Trinajstić information content (AvgIpc) is 3.22. The molecule has 2 aromatic heterocycles. The normalized spacial score (nSPS) is 10.7. The van der Waals surface area contributed by atoms with Gasteiger partial charge in [-0.25, -0.2) is 4.98 Å². The first-order chi connectivity index (χ1) is 15.5. The first-order valence-corrected chi connectivity index (χ1v) is 10.3. The fraction of sp³-hybridized carbons (Fsp3) is 0.160. The van der Waals surface area contributed by atoms with E-state index in [4.69, 9.17) is 4.74 Å². The number of nitrogens with one attached hydrogen (secondary N) is 1. The highest BCUT2D eigenvalue weighted by molar-refractivity contribution is 6.04. The lowest BCUT2D eigenvalue weighted by molar-refractivity contribution is -0.128. The van der Waals surface area contributed by atoms with Crippen LogP contribution in [0.2, 0.25) is 0 Å². The van der Waals surface area contributed by atoms with E-state index >= 15 is 0 Å². The van der Waals surface area contributed by atoms with Gasteiger partial charge in [0, 0.05) is 44.2 Å². The monoisotopic (exact) mass is 428 g/mol. The van der Waals surface area contributed by atoms with Crippen LogP contribution in [-0.4, -0.2) is 33.1 Å². The van der Waals surface area contributed by atoms with Gasteiger partial charge in [-0.1, -0.05) is 30.3 Å². The van der Waals surface area contributed by atoms with Crippen molar-refractivity contribution in [1.82, 2.24) is 14.3 Å². The summed E-state index contributed by atoms with van der Waals surface area (Å²) in [4.78, 5) is 30.6. The number of amides is 2. The van der Waals surface area contributed by atoms with Crippen molar-refractivity contribution in [3.8, 4) is 5.75 Å². The van der Waals surface area contributed by atoms with Crippen LogP contribution in [0.15, 0.2) is 79.1 Å². The molecule has 7 nitrogen and oxygen atoms in total. The molecule has 162 valence electrons. The first-order valence-electron chi connectivity index (χ1n) is 10.3. The summed E-state index contributed by atoms with van der Waals surface area (Å²) in [5.74, 6) is 0.294. The van der Waals surface area contributed by atoms with Gasteiger partial charge in [-0.2, -0.15) is 0 Å². The van der Waals surface area contributed by atoms with Crippen molar-refractivity contribution in [2.24, 2.45) is 0 Å². The van der Waals surface area contributed by atoms with E-state index in [1.165, 1.54) is 6.92 Å². The number of fused-ring (bicyclic) bond motifs is 1. The molecule has 32 heavy (non-hydrogen) atoms. The summed E-state index contributed by atoms with van der Waals surface area (Å²) in [6.45, 7) is 2.22. The molecule has 7 heteroatoms. The fourth-order valence-corrected chi connectivity index (χ4v) is 3.28. The Balaban J connectivity index is 1.44. The minimum Gasteiger partial charge on any atom is -0.487 e. The highest BCUT2D eigenvalue weighted by Gasteiger charge is 2.12. The fourth-order valence-electron chi connectivity index (χ4n) is 3.28. The number of benzene rings is 2. The number of anilines is 1. The standard InChI is InChI=1S/C25H24N4O3/c1-18(30)28(2)15-20-8-3-4-11-23(20)27-25(31)19-9-7-10-22(14-19)32-17-21-16-29-13-6-5-12-24(29)26-21/h3-14,16H,15,17H2,1-2H3,(H,27,31). The molecule has 0 fully saturated rings. The summed E-state index contributed by atoms with van der Waals surface area (Å²) in [6, 6.07) is 20.3. The maximum atomic E-state index is 12.9. The number of para-hydroxylation sites is 1. The Morgan fingerprint density at radius 2 is 1.88 bits per heavy atom. The lowest BCUT2D eigenvalue weighted by Crippen LogP contribution is -2.24. The minimum absolute atomic E-state index is 0.0402. The van der Waals surface area contributed by atoms with Gasteiger partial charge in [0.1, 0.15) is 18.0 Å². The molecule has 0 unspecified atom stereocenters. The molecule has 0 aliphatic rings. The van der Waals surface area contributed by atoms with Crippen molar-refractivity contribution >= 4 is 23.1 Å². The van der Waals surface area contributed by atoms with Gasteiger partial charge in [-0.15, -0.1) is 0 Å². The third-order valence-electron chi connectivity index (χ3n) is 5.11. The molecule has 0 spiro atoms. The Bertz CT molecular complexity index is 1230. The lowest BCUT2D eigenvalue weighted by Gasteiger charge is -2.18. The number of rotatable bonds is 7. The summed E-state index contributed by atoms with van der Waals surface area (Å²) in [5, 5.41) is 2.94. The van der Waals surface area contributed by atoms with E-state index in [2.05, 4.69) is 10.3 Å². The summed E-state index contributed by atoms with van der Waals surface area (Å²) >= 11 is 0. The molecule has 0 bridgehead atoms. The second-order valence-corrected chi connectivity index (χ2v) is 7.50. The molecule has 0 aliphatic carbocycles. The highest BCUT2D eigenvalue weighted by Crippen LogP contribution is 2.20. The zero-order valence-electron chi connectivity index (χ0n) is 18.0. The average molecular weight is 428 g/mol. The summed E-state index contributed by atoms with van der Waals surface area (Å²) in [6.07, 6.45) is 3.85. The molecule has 0 saturated carbocycles. The van der Waals surface area contributed by atoms with Crippen LogP contribution >= 0.6 is 0 Å². The van der Waals surface area contributed by atoms with Gasteiger partial charge in [-0.05, 0) is 42.0 Å². The Kier molecular flexibility index (Phi) is 6.17. The molecule has 0 aliphatic heterocycles. The van der Waals surface area contributed by atoms with Crippen molar-refractivity contribution in [3.05, 3.63) is 95.9 Å². The van der Waals surface area contributed by atoms with Crippen LogP contribution in [0.5, 0.6) is 5.75 Å². The number of hydrogen-bond acceptors (Lipinski definition) is 4. The number of imidazole rings is 1. The smallest absolute Gasteiger partial charge is 0.255 e. The third kappa shape index (κ3) is 4.95. The lowest BCUT2D eigenvalue weighted by atomic mass is 10.1. The van der Waals surface area contributed by atoms with Gasteiger partial charge in [0.25, 0.3) is 5.91 Å². The molecule has 1 N–H and O–H groups in total. The molecule has 2 aromatic carbocycles. The Morgan fingerprint density at radius 3 is 2.69 bits per heavy atom. The molecule has 2 heterocycles. The zero-order valence-corrected chi connectivity index (χ0v) is 18.0. The van der Waals surface area contributed by atoms with E-state index in [-0.39, 0.29) is 11.8 Å². The number of hydrogen-bond donors (Lipinski definition) is 1. The molecule has 2 amide bonds. The topological polar surface area (TPSA) is 75.9 Å². The Labute approximate surface area is 186 Å². The quantitative estimate of drug-likeness (QED) is 0.480. The number of pyridine rings is 1. The van der Waals surface area contributed by atoms with E-state index in [1.807, 2.05) is 65.3 Å². The van der Waals surface area contributed by atoms with Crippen LogP contribution in [0.25, 0.3) is 5.65 Å². The maximum Gasteiger partial charge on any atom is 0.255 e. The van der Waals surface area contributed by atoms with Gasteiger partial charge in [0.05, 0.1) is 5.69 Å². The minimum atomic E-state index is -0.249. The number of carbonyl (C=O) groups excluding carboxylic acids is 2. The summed E-state index contributed by atoms with van der Waals surface area (Å²) in [5.41, 5.74) is 3.66. The van der Waals surface area contributed by atoms with Crippen LogP contribution in [0.4, 0.5) is 5.69 Å². The van der Waals surface area contributed by atoms with Gasteiger partial charge in [-0.3, -0.25) is 9.59 Å². The maximum absolute atomic E-state index is 12.9. The molecular weight excluding hydrogens is 404 g/mol. The van der Waals surface area contributed by atoms with E-state index in [0.29, 0.717) is 30.2 Å². The first kappa shape index (κ1) is 21.1. The van der Waals surface area contributed by atoms with Gasteiger partial charge in [0.15, 0.2) is 0 Å². The SMILES string of the molecule is CC(=O)N(C)Cc1ccccc1NC(=O)c1cccc(OCc2cn3ccccc3n2)c1. The second kappa shape index (κ2) is 9.34. The molecule has 0 saturated heterocycles. The van der Waals surface area contributed by atoms with Crippen LogP contribution in [0.1, 0.15) is 28.5 Å². The van der Waals surface area contributed by atoms with Crippen LogP contribution < -0.4 is 10.1 Å². The van der Waals surface area contributed by atoms with Crippen LogP contribution in [-0.2, 0) is 17.9 Å². The van der Waals surface area contributed by atoms with Gasteiger partial charge in [0.2, 0.25) is 5.91 Å². The van der Waals surface area contributed by atoms with Gasteiger partial charge < -0.3 is 19.4 Å². The van der Waals surface area contributed by atoms with Crippen molar-refractivity contribution in [3.63, 3.8) is 0 Å². The van der Waals surface area contributed by atoms with Crippen LogP contribution in [0.3, 0.4) is 0 Å². The van der Waals surface area contributed by atoms with E-state index < -0.39 is 0 Å². The highest BCUT2D eigenvalue weighted by atomic mass is 16.5. The number of ether oxygens (including phenoxy) is 1. The number of carbonyl (C=O) groups is 2. The predicted molar refractivity (Wildman–Crippen MR) is 123 cm³/mol. The largest absolute Gasteiger partial charge is 0.487 e. The van der Waals surface area contributed by atoms with Gasteiger partial charge >= 0.3 is 0 Å². The second-order valence-electron chi connectivity index (χ2n) is 7.50. The van der Waals surface area contributed by atoms with E-state index in [0.717, 1.165) is 16.9 Å². The zero-order chi connectivity index (χ0) is 22.5. The molecule has 4 aromatic rings. The number of aromatic nitrogens is 2. The summed E-state index contributed by atoms with van der Waals surface area (Å²) in [7, 11) is 1.73. The predicted octanol–water partition coefficient (Wildman–Crippen LogP) is 4.14. The van der Waals surface area contributed by atoms with Crippen LogP contribution in [0, 0.1) is 0 Å². The molecule has 0 atom stereocenters. The summed E-state index contributed by atoms with van der Waals surface area (Å²) < 4.78 is 7.80. The van der Waals surface area contributed by atoms with Crippen molar-refractivity contribution in [2.45, 2.75) is 20.1 Å². The molecule has 0 radical (unpaired) electrons. The van der Waals surface area contributed by atoms with E-state index in [9.17, 15) is 9.59 Å². The Hall–Kier alpha value is -4.13. The van der Waals surface area contributed by atoms with Crippen molar-refractivity contribution in [2.75, 3.05) is 12.4 Å². The molecular formula is C25H24N4O3. The van der Waals surface area contributed by atoms with Crippen molar-refractivity contribution in [1.29, 1.82) is 0 Å². The number of nitrogens with zero attached hydrogens (tertiary/aromatic N) is 3. The third-order valence-corrected chi connectivity index (χ3v) is 5.11. The molecule has 4 rings (SSSR count).